The van der Waals surface area contributed by atoms with E-state index in [-0.39, 0.29) is 11.5 Å². The third kappa shape index (κ3) is 2.50. The molecule has 1 aromatic carbocycles. The lowest BCUT2D eigenvalue weighted by Crippen LogP contribution is -2.12. The fourth-order valence-electron chi connectivity index (χ4n) is 1.80. The van der Waals surface area contributed by atoms with E-state index in [1.807, 2.05) is 6.92 Å². The first-order valence-electron chi connectivity index (χ1n) is 5.33. The first-order valence-corrected chi connectivity index (χ1v) is 6.13. The Morgan fingerprint density at radius 3 is 2.40 bits per heavy atom. The molecular weight excluding hydrogens is 250 g/mol. The summed E-state index contributed by atoms with van der Waals surface area (Å²) >= 11 is 3.46. The Balaban J connectivity index is 2.19. The molecule has 15 heavy (non-hydrogen) atoms. The highest BCUT2D eigenvalue weighted by molar-refractivity contribution is 9.10. The summed E-state index contributed by atoms with van der Waals surface area (Å²) in [6.07, 6.45) is 6.88. The summed E-state index contributed by atoms with van der Waals surface area (Å²) in [6.45, 7) is 2.01. The number of nitrogens with two attached hydrogens (primary N) is 1. The molecule has 1 atom stereocenters. The molecule has 0 aliphatic heterocycles. The van der Waals surface area contributed by atoms with Crippen LogP contribution in [0.4, 0.5) is 0 Å². The molecule has 2 rings (SSSR count). The average molecular weight is 266 g/mol. The van der Waals surface area contributed by atoms with E-state index in [4.69, 9.17) is 5.73 Å². The Bertz CT molecular complexity index is 361. The summed E-state index contributed by atoms with van der Waals surface area (Å²) in [5, 5.41) is 0. The molecule has 2 N–H and O–H groups in total. The van der Waals surface area contributed by atoms with Gasteiger partial charge in [0.2, 0.25) is 0 Å². The van der Waals surface area contributed by atoms with Gasteiger partial charge in [-0.15, -0.1) is 0 Å². The molecule has 0 bridgehead atoms. The maximum absolute atomic E-state index is 5.74. The molecule has 0 heterocycles. The number of hydrogen-bond donors (Lipinski definition) is 1. The molecule has 80 valence electrons. The first-order chi connectivity index (χ1) is 7.12. The average Bonchev–Trinajstić information content (AvgIpc) is 2.97. The summed E-state index contributed by atoms with van der Waals surface area (Å²) in [6, 6.07) is 8.76. The van der Waals surface area contributed by atoms with E-state index < -0.39 is 0 Å². The van der Waals surface area contributed by atoms with Gasteiger partial charge >= 0.3 is 0 Å². The topological polar surface area (TPSA) is 26.0 Å². The van der Waals surface area contributed by atoms with Gasteiger partial charge in [0.1, 0.15) is 0 Å². The van der Waals surface area contributed by atoms with Crippen LogP contribution in [0, 0.1) is 0 Å². The van der Waals surface area contributed by atoms with Gasteiger partial charge in [0.05, 0.1) is 0 Å². The zero-order valence-electron chi connectivity index (χ0n) is 8.91. The van der Waals surface area contributed by atoms with Crippen LogP contribution < -0.4 is 5.73 Å². The van der Waals surface area contributed by atoms with Gasteiger partial charge in [-0.3, -0.25) is 0 Å². The molecule has 0 aromatic heterocycles. The Labute approximate surface area is 99.5 Å². The number of hydrogen-bond acceptors (Lipinski definition) is 1. The molecule has 0 spiro atoms. The molecule has 1 aliphatic rings. The van der Waals surface area contributed by atoms with Crippen molar-refractivity contribution in [1.29, 1.82) is 0 Å². The maximum Gasteiger partial charge on any atom is 0.0195 e. The van der Waals surface area contributed by atoms with Crippen LogP contribution in [0.1, 0.15) is 25.3 Å². The molecule has 0 radical (unpaired) electrons. The van der Waals surface area contributed by atoms with E-state index in [9.17, 15) is 0 Å². The summed E-state index contributed by atoms with van der Waals surface area (Å²) in [5.41, 5.74) is 7.43. The molecular formula is C13H16BrN. The minimum atomic E-state index is 0.151. The Hall–Kier alpha value is -0.600. The lowest BCUT2D eigenvalue weighted by Gasteiger charge is -2.11. The van der Waals surface area contributed by atoms with Gasteiger partial charge in [-0.25, -0.2) is 0 Å². The van der Waals surface area contributed by atoms with Crippen LogP contribution in [-0.4, -0.2) is 6.04 Å². The van der Waals surface area contributed by atoms with Crippen LogP contribution in [0.2, 0.25) is 0 Å². The second-order valence-electron chi connectivity index (χ2n) is 4.38. The number of rotatable bonds is 3. The van der Waals surface area contributed by atoms with Crippen LogP contribution in [0.5, 0.6) is 0 Å². The third-order valence-electron chi connectivity index (χ3n) is 2.93. The number of benzene rings is 1. The van der Waals surface area contributed by atoms with Gasteiger partial charge < -0.3 is 5.73 Å². The largest absolute Gasteiger partial charge is 0.325 e. The van der Waals surface area contributed by atoms with Gasteiger partial charge in [0.15, 0.2) is 0 Å². The highest BCUT2D eigenvalue weighted by Crippen LogP contribution is 2.49. The highest BCUT2D eigenvalue weighted by atomic mass is 79.9. The van der Waals surface area contributed by atoms with E-state index in [1.54, 1.807) is 0 Å². The molecule has 0 amide bonds. The van der Waals surface area contributed by atoms with E-state index in [1.165, 1.54) is 18.4 Å². The predicted molar refractivity (Wildman–Crippen MR) is 67.8 cm³/mol. The van der Waals surface area contributed by atoms with Crippen molar-refractivity contribution in [3.05, 3.63) is 46.5 Å². The zero-order valence-corrected chi connectivity index (χ0v) is 10.5. The predicted octanol–water partition coefficient (Wildman–Crippen LogP) is 3.38. The smallest absolute Gasteiger partial charge is 0.0195 e. The molecule has 1 aromatic rings. The maximum atomic E-state index is 5.74. The van der Waals surface area contributed by atoms with Gasteiger partial charge in [0.25, 0.3) is 0 Å². The van der Waals surface area contributed by atoms with Gasteiger partial charge in [0, 0.05) is 15.9 Å². The Kier molecular flexibility index (Phi) is 2.98. The van der Waals surface area contributed by atoms with Crippen molar-refractivity contribution in [3.63, 3.8) is 0 Å². The van der Waals surface area contributed by atoms with Crippen molar-refractivity contribution in [2.45, 2.75) is 31.2 Å². The van der Waals surface area contributed by atoms with Crippen molar-refractivity contribution in [2.24, 2.45) is 5.73 Å². The lowest BCUT2D eigenvalue weighted by molar-refractivity contribution is 0.854. The summed E-state index contributed by atoms with van der Waals surface area (Å²) < 4.78 is 1.14. The van der Waals surface area contributed by atoms with Crippen molar-refractivity contribution in [2.75, 3.05) is 0 Å². The Morgan fingerprint density at radius 1 is 1.33 bits per heavy atom. The van der Waals surface area contributed by atoms with E-state index in [0.717, 1.165) is 4.47 Å². The summed E-state index contributed by atoms with van der Waals surface area (Å²) in [4.78, 5) is 0. The van der Waals surface area contributed by atoms with Gasteiger partial charge in [-0.05, 0) is 37.5 Å². The first kappa shape index (κ1) is 10.9. The van der Waals surface area contributed by atoms with Crippen molar-refractivity contribution in [1.82, 2.24) is 0 Å². The Morgan fingerprint density at radius 2 is 1.93 bits per heavy atom. The minimum absolute atomic E-state index is 0.151. The lowest BCUT2D eigenvalue weighted by atomic mass is 9.95. The quantitative estimate of drug-likeness (QED) is 0.834. The fraction of sp³-hybridized carbons (Fsp3) is 0.385. The third-order valence-corrected chi connectivity index (χ3v) is 3.46. The van der Waals surface area contributed by atoms with Crippen LogP contribution in [0.25, 0.3) is 0 Å². The molecule has 0 saturated heterocycles. The van der Waals surface area contributed by atoms with Crippen molar-refractivity contribution < 1.29 is 0 Å². The molecule has 1 unspecified atom stereocenters. The fourth-order valence-corrected chi connectivity index (χ4v) is 2.07. The van der Waals surface area contributed by atoms with Crippen molar-refractivity contribution in [3.8, 4) is 0 Å². The molecule has 1 saturated carbocycles. The second kappa shape index (κ2) is 4.11. The minimum Gasteiger partial charge on any atom is -0.325 e. The SMILES string of the molecule is CC(N)/C=C/C1(c2ccc(Br)cc2)CC1. The zero-order chi connectivity index (χ0) is 10.9. The molecule has 1 fully saturated rings. The number of halogens is 1. The monoisotopic (exact) mass is 265 g/mol. The normalized spacial score (nSPS) is 20.5. The highest BCUT2D eigenvalue weighted by Gasteiger charge is 2.41. The summed E-state index contributed by atoms with van der Waals surface area (Å²) in [7, 11) is 0. The van der Waals surface area contributed by atoms with E-state index in [2.05, 4.69) is 52.3 Å². The standard InChI is InChI=1S/C13H16BrN/c1-10(15)6-7-13(8-9-13)11-2-4-12(14)5-3-11/h2-7,10H,8-9,15H2,1H3/b7-6+. The van der Waals surface area contributed by atoms with Crippen LogP contribution in [-0.2, 0) is 5.41 Å². The molecule has 2 heteroatoms. The van der Waals surface area contributed by atoms with Crippen molar-refractivity contribution >= 4 is 15.9 Å². The van der Waals surface area contributed by atoms with Crippen LogP contribution >= 0.6 is 15.9 Å². The van der Waals surface area contributed by atoms with Gasteiger partial charge in [-0.2, -0.15) is 0 Å². The van der Waals surface area contributed by atoms with E-state index in [0.29, 0.717) is 0 Å². The second-order valence-corrected chi connectivity index (χ2v) is 5.30. The molecule has 1 nitrogen and oxygen atoms in total. The number of allylic oxidation sites excluding steroid dienone is 1. The van der Waals surface area contributed by atoms with Gasteiger partial charge in [-0.1, -0.05) is 40.2 Å². The van der Waals surface area contributed by atoms with E-state index >= 15 is 0 Å². The summed E-state index contributed by atoms with van der Waals surface area (Å²) in [5.74, 6) is 0. The van der Waals surface area contributed by atoms with Crippen LogP contribution in [0.3, 0.4) is 0 Å². The molecule has 1 aliphatic carbocycles. The van der Waals surface area contributed by atoms with Crippen LogP contribution in [0.15, 0.2) is 40.9 Å².